The number of likely N-dealkylation sites (tertiary alicyclic amines) is 2. The first-order valence-electron chi connectivity index (χ1n) is 11.5. The molecule has 4 rings (SSSR count). The van der Waals surface area contributed by atoms with Crippen LogP contribution in [0, 0.1) is 0 Å². The van der Waals surface area contributed by atoms with E-state index in [1.165, 1.54) is 63.6 Å². The molecule has 3 fully saturated rings. The highest BCUT2D eigenvalue weighted by molar-refractivity contribution is 5.79. The Morgan fingerprint density at radius 1 is 0.857 bits per heavy atom. The zero-order chi connectivity index (χ0) is 19.6. The third-order valence-electron chi connectivity index (χ3n) is 6.68. The summed E-state index contributed by atoms with van der Waals surface area (Å²) >= 11 is 0. The molecule has 2 aliphatic heterocycles. The van der Waals surface area contributed by atoms with Gasteiger partial charge in [0.1, 0.15) is 5.78 Å². The van der Waals surface area contributed by atoms with Crippen LogP contribution in [0.15, 0.2) is 30.3 Å². The summed E-state index contributed by atoms with van der Waals surface area (Å²) in [6.07, 6.45) is 11.0. The fraction of sp³-hybridized carbons (Fsp3) is 0.708. The van der Waals surface area contributed by atoms with E-state index in [1.54, 1.807) is 0 Å². The van der Waals surface area contributed by atoms with Gasteiger partial charge in [-0.05, 0) is 50.3 Å². The van der Waals surface area contributed by atoms with E-state index >= 15 is 0 Å². The Kier molecular flexibility index (Phi) is 8.97. The van der Waals surface area contributed by atoms with Crippen LogP contribution in [0.3, 0.4) is 0 Å². The van der Waals surface area contributed by atoms with Crippen molar-refractivity contribution in [3.63, 3.8) is 0 Å². The van der Waals surface area contributed by atoms with Gasteiger partial charge in [-0.3, -0.25) is 9.69 Å². The van der Waals surface area contributed by atoms with Gasteiger partial charge < -0.3 is 10.6 Å². The highest BCUT2D eigenvalue weighted by Gasteiger charge is 2.32. The van der Waals surface area contributed by atoms with E-state index in [9.17, 15) is 4.79 Å². The maximum Gasteiger partial charge on any atom is 0.135 e. The zero-order valence-corrected chi connectivity index (χ0v) is 17.5. The minimum atomic E-state index is 0.448. The summed E-state index contributed by atoms with van der Waals surface area (Å²) in [5.74, 6) is 1.12. The molecule has 3 aliphatic rings. The molecule has 1 aromatic carbocycles. The number of carbonyl (C=O) groups excluding carboxylic acids is 1. The Morgan fingerprint density at radius 2 is 1.54 bits per heavy atom. The quantitative estimate of drug-likeness (QED) is 0.856. The molecule has 2 heterocycles. The average Bonchev–Trinajstić information content (AvgIpc) is 2.76. The summed E-state index contributed by atoms with van der Waals surface area (Å²) in [6.45, 7) is 6.42. The van der Waals surface area contributed by atoms with E-state index in [0.29, 0.717) is 17.7 Å². The van der Waals surface area contributed by atoms with Gasteiger partial charge in [-0.25, -0.2) is 0 Å². The molecule has 28 heavy (non-hydrogen) atoms. The second-order valence-electron chi connectivity index (χ2n) is 8.63. The van der Waals surface area contributed by atoms with E-state index in [-0.39, 0.29) is 0 Å². The molecule has 2 atom stereocenters. The Bertz CT molecular complexity index is 558. The number of nitrogens with zero attached hydrogens (tertiary/aromatic N) is 2. The molecule has 2 N–H and O–H groups in total. The van der Waals surface area contributed by atoms with Crippen molar-refractivity contribution >= 4 is 5.78 Å². The Labute approximate surface area is 171 Å². The number of piperidine rings is 2. The van der Waals surface area contributed by atoms with E-state index in [2.05, 4.69) is 40.1 Å². The molecule has 4 nitrogen and oxygen atoms in total. The van der Waals surface area contributed by atoms with Crippen molar-refractivity contribution in [1.29, 1.82) is 0 Å². The van der Waals surface area contributed by atoms with Crippen molar-refractivity contribution < 1.29 is 4.79 Å². The van der Waals surface area contributed by atoms with Gasteiger partial charge in [0.05, 0.1) is 0 Å². The van der Waals surface area contributed by atoms with Crippen LogP contribution in [0.25, 0.3) is 0 Å². The Morgan fingerprint density at radius 3 is 2.21 bits per heavy atom. The molecule has 1 saturated carbocycles. The van der Waals surface area contributed by atoms with E-state index in [0.717, 1.165) is 39.0 Å². The fourth-order valence-electron chi connectivity index (χ4n) is 5.11. The molecule has 2 unspecified atom stereocenters. The summed E-state index contributed by atoms with van der Waals surface area (Å²) in [4.78, 5) is 16.4. The molecule has 0 spiro atoms. The SMILES string of the molecule is NCCN1CCCCC1.O=C1CCN(C2CCCCC2c2ccccc2)CC1. The lowest BCUT2D eigenvalue weighted by Crippen LogP contribution is -2.45. The second kappa shape index (κ2) is 11.7. The van der Waals surface area contributed by atoms with Gasteiger partial charge in [-0.1, -0.05) is 49.6 Å². The monoisotopic (exact) mass is 385 g/mol. The minimum absolute atomic E-state index is 0.448. The third kappa shape index (κ3) is 6.40. The first-order chi connectivity index (χ1) is 13.8. The van der Waals surface area contributed by atoms with Crippen molar-refractivity contribution in [1.82, 2.24) is 9.80 Å². The predicted octanol–water partition coefficient (Wildman–Crippen LogP) is 3.81. The molecule has 4 heteroatoms. The van der Waals surface area contributed by atoms with Gasteiger partial charge in [0.2, 0.25) is 0 Å². The number of nitrogens with two attached hydrogens (primary N) is 1. The summed E-state index contributed by atoms with van der Waals surface area (Å²) in [5, 5.41) is 0. The lowest BCUT2D eigenvalue weighted by atomic mass is 9.78. The topological polar surface area (TPSA) is 49.6 Å². The van der Waals surface area contributed by atoms with Gasteiger partial charge in [-0.15, -0.1) is 0 Å². The van der Waals surface area contributed by atoms with E-state index < -0.39 is 0 Å². The lowest BCUT2D eigenvalue weighted by Gasteiger charge is -2.41. The second-order valence-corrected chi connectivity index (χ2v) is 8.63. The molecular formula is C24H39N3O. The Balaban J connectivity index is 0.000000211. The standard InChI is InChI=1S/C17H23NO.C7H16N2/c19-15-10-12-18(13-11-15)17-9-5-4-8-16(17)14-6-2-1-3-7-14;8-4-7-9-5-2-1-3-6-9/h1-3,6-7,16-17H,4-5,8-13H2;1-8H2. The van der Waals surface area contributed by atoms with Crippen molar-refractivity contribution in [3.05, 3.63) is 35.9 Å². The smallest absolute Gasteiger partial charge is 0.135 e. The Hall–Kier alpha value is -1.23. The lowest BCUT2D eigenvalue weighted by molar-refractivity contribution is -0.122. The first kappa shape index (κ1) is 21.5. The maximum absolute atomic E-state index is 11.4. The summed E-state index contributed by atoms with van der Waals surface area (Å²) in [7, 11) is 0. The molecule has 156 valence electrons. The van der Waals surface area contributed by atoms with Crippen molar-refractivity contribution in [2.75, 3.05) is 39.3 Å². The number of benzene rings is 1. The van der Waals surface area contributed by atoms with Crippen molar-refractivity contribution in [2.24, 2.45) is 5.73 Å². The van der Waals surface area contributed by atoms with Crippen molar-refractivity contribution in [2.45, 2.75) is 69.7 Å². The van der Waals surface area contributed by atoms with Crippen LogP contribution in [0.2, 0.25) is 0 Å². The number of ketones is 1. The first-order valence-corrected chi connectivity index (χ1v) is 11.5. The van der Waals surface area contributed by atoms with Crippen LogP contribution in [-0.4, -0.2) is 60.9 Å². The summed E-state index contributed by atoms with van der Waals surface area (Å²) in [5.41, 5.74) is 6.91. The van der Waals surface area contributed by atoms with Crippen LogP contribution < -0.4 is 5.73 Å². The van der Waals surface area contributed by atoms with Crippen molar-refractivity contribution in [3.8, 4) is 0 Å². The molecule has 1 aromatic rings. The van der Waals surface area contributed by atoms with Crippen LogP contribution in [0.5, 0.6) is 0 Å². The third-order valence-corrected chi connectivity index (χ3v) is 6.68. The van der Waals surface area contributed by atoms with Crippen LogP contribution in [-0.2, 0) is 4.79 Å². The van der Waals surface area contributed by atoms with E-state index in [4.69, 9.17) is 5.73 Å². The number of hydrogen-bond donors (Lipinski definition) is 1. The normalized spacial score (nSPS) is 27.1. The average molecular weight is 386 g/mol. The molecule has 0 bridgehead atoms. The zero-order valence-electron chi connectivity index (χ0n) is 17.5. The summed E-state index contributed by atoms with van der Waals surface area (Å²) < 4.78 is 0. The predicted molar refractivity (Wildman–Crippen MR) is 117 cm³/mol. The maximum atomic E-state index is 11.4. The van der Waals surface area contributed by atoms with Gasteiger partial charge >= 0.3 is 0 Å². The van der Waals surface area contributed by atoms with E-state index in [1.807, 2.05) is 0 Å². The highest BCUT2D eigenvalue weighted by atomic mass is 16.1. The van der Waals surface area contributed by atoms with Crippen LogP contribution >= 0.6 is 0 Å². The van der Waals surface area contributed by atoms with Gasteiger partial charge in [0.25, 0.3) is 0 Å². The summed E-state index contributed by atoms with van der Waals surface area (Å²) in [6, 6.07) is 11.6. The number of Topliss-reactive ketones (excluding diaryl/α,β-unsaturated/α-hetero) is 1. The van der Waals surface area contributed by atoms with Gasteiger partial charge in [0, 0.05) is 45.1 Å². The fourth-order valence-corrected chi connectivity index (χ4v) is 5.11. The molecule has 2 saturated heterocycles. The molecule has 0 aromatic heterocycles. The molecule has 0 radical (unpaired) electrons. The number of hydrogen-bond acceptors (Lipinski definition) is 4. The van der Waals surface area contributed by atoms with Gasteiger partial charge in [0.15, 0.2) is 0 Å². The molecule has 1 aliphatic carbocycles. The number of rotatable bonds is 4. The van der Waals surface area contributed by atoms with Crippen LogP contribution in [0.1, 0.15) is 69.3 Å². The minimum Gasteiger partial charge on any atom is -0.329 e. The molecule has 0 amide bonds. The highest BCUT2D eigenvalue weighted by Crippen LogP contribution is 2.36. The van der Waals surface area contributed by atoms with Crippen LogP contribution in [0.4, 0.5) is 0 Å². The number of carbonyl (C=O) groups is 1. The molecular weight excluding hydrogens is 346 g/mol. The van der Waals surface area contributed by atoms with Gasteiger partial charge in [-0.2, -0.15) is 0 Å². The largest absolute Gasteiger partial charge is 0.329 e.